The summed E-state index contributed by atoms with van der Waals surface area (Å²) in [7, 11) is 1.54. The molecule has 0 saturated carbocycles. The molecule has 1 heterocycles. The van der Waals surface area contributed by atoms with E-state index in [4.69, 9.17) is 25.5 Å². The molecule has 0 fully saturated rings. The third-order valence-corrected chi connectivity index (χ3v) is 3.87. The van der Waals surface area contributed by atoms with Crippen molar-refractivity contribution in [3.8, 4) is 11.5 Å². The van der Waals surface area contributed by atoms with Gasteiger partial charge in [-0.2, -0.15) is 0 Å². The Balaban J connectivity index is 1.62. The molecule has 26 heavy (non-hydrogen) atoms. The molecule has 0 bridgehead atoms. The second-order valence-electron chi connectivity index (χ2n) is 5.45. The lowest BCUT2D eigenvalue weighted by Crippen LogP contribution is -1.98. The number of ketones is 1. The van der Waals surface area contributed by atoms with Gasteiger partial charge in [0.2, 0.25) is 0 Å². The summed E-state index contributed by atoms with van der Waals surface area (Å²) in [4.78, 5) is 12.3. The zero-order valence-corrected chi connectivity index (χ0v) is 14.9. The molecule has 0 unspecified atom stereocenters. The Morgan fingerprint density at radius 1 is 1.12 bits per heavy atom. The van der Waals surface area contributed by atoms with Crippen LogP contribution in [0.15, 0.2) is 71.2 Å². The first-order chi connectivity index (χ1) is 12.7. The summed E-state index contributed by atoms with van der Waals surface area (Å²) < 4.78 is 16.5. The van der Waals surface area contributed by atoms with Gasteiger partial charge in [0.15, 0.2) is 5.78 Å². The van der Waals surface area contributed by atoms with Crippen molar-refractivity contribution in [2.45, 2.75) is 6.61 Å². The molecule has 0 radical (unpaired) electrons. The molecule has 1 aromatic heterocycles. The largest absolute Gasteiger partial charge is 0.496 e. The SMILES string of the molecule is COc1ccccc1C(=O)/C=C/c1ccc(COc2cccc(Cl)c2)o1. The fourth-order valence-corrected chi connectivity index (χ4v) is 2.55. The van der Waals surface area contributed by atoms with Crippen LogP contribution in [0.3, 0.4) is 0 Å². The summed E-state index contributed by atoms with van der Waals surface area (Å²) in [6, 6.07) is 17.8. The number of para-hydroxylation sites is 1. The lowest BCUT2D eigenvalue weighted by Gasteiger charge is -2.04. The Morgan fingerprint density at radius 3 is 2.77 bits per heavy atom. The molecular formula is C21H17ClO4. The minimum atomic E-state index is -0.157. The van der Waals surface area contributed by atoms with Crippen molar-refractivity contribution < 1.29 is 18.7 Å². The zero-order valence-electron chi connectivity index (χ0n) is 14.1. The van der Waals surface area contributed by atoms with Crippen molar-refractivity contribution in [1.82, 2.24) is 0 Å². The van der Waals surface area contributed by atoms with E-state index < -0.39 is 0 Å². The van der Waals surface area contributed by atoms with E-state index in [9.17, 15) is 4.79 Å². The van der Waals surface area contributed by atoms with Crippen LogP contribution < -0.4 is 9.47 Å². The van der Waals surface area contributed by atoms with E-state index >= 15 is 0 Å². The Kier molecular flexibility index (Phi) is 5.77. The molecule has 0 aliphatic rings. The van der Waals surface area contributed by atoms with Crippen LogP contribution in [0.1, 0.15) is 21.9 Å². The molecular weight excluding hydrogens is 352 g/mol. The van der Waals surface area contributed by atoms with E-state index in [2.05, 4.69) is 0 Å². The van der Waals surface area contributed by atoms with Crippen LogP contribution in [-0.2, 0) is 6.61 Å². The maximum Gasteiger partial charge on any atom is 0.189 e. The number of allylic oxidation sites excluding steroid dienone is 1. The fraction of sp³-hybridized carbons (Fsp3) is 0.0952. The van der Waals surface area contributed by atoms with Gasteiger partial charge in [-0.15, -0.1) is 0 Å². The first-order valence-electron chi connectivity index (χ1n) is 7.98. The third kappa shape index (κ3) is 4.55. The minimum absolute atomic E-state index is 0.157. The molecule has 0 spiro atoms. The molecule has 132 valence electrons. The third-order valence-electron chi connectivity index (χ3n) is 3.63. The Morgan fingerprint density at radius 2 is 1.96 bits per heavy atom. The first-order valence-corrected chi connectivity index (χ1v) is 8.36. The summed E-state index contributed by atoms with van der Waals surface area (Å²) in [5.41, 5.74) is 0.502. The summed E-state index contributed by atoms with van der Waals surface area (Å²) in [6.07, 6.45) is 3.08. The van der Waals surface area contributed by atoms with Gasteiger partial charge in [0.05, 0.1) is 12.7 Å². The van der Waals surface area contributed by atoms with Gasteiger partial charge in [-0.1, -0.05) is 29.8 Å². The topological polar surface area (TPSA) is 48.7 Å². The highest BCUT2D eigenvalue weighted by molar-refractivity contribution is 6.30. The number of carbonyl (C=O) groups excluding carboxylic acids is 1. The van der Waals surface area contributed by atoms with E-state index in [1.165, 1.54) is 13.2 Å². The number of hydrogen-bond donors (Lipinski definition) is 0. The molecule has 0 aliphatic heterocycles. The average Bonchev–Trinajstić information content (AvgIpc) is 3.12. The average molecular weight is 369 g/mol. The molecule has 0 saturated heterocycles. The number of methoxy groups -OCH3 is 1. The Bertz CT molecular complexity index is 927. The molecule has 5 heteroatoms. The van der Waals surface area contributed by atoms with Gasteiger partial charge in [0, 0.05) is 5.02 Å². The number of hydrogen-bond acceptors (Lipinski definition) is 4. The normalized spacial score (nSPS) is 10.8. The van der Waals surface area contributed by atoms with Crippen molar-refractivity contribution in [2.75, 3.05) is 7.11 Å². The van der Waals surface area contributed by atoms with Crippen LogP contribution >= 0.6 is 11.6 Å². The number of rotatable bonds is 7. The lowest BCUT2D eigenvalue weighted by atomic mass is 10.1. The highest BCUT2D eigenvalue weighted by Crippen LogP contribution is 2.20. The number of carbonyl (C=O) groups is 1. The summed E-state index contributed by atoms with van der Waals surface area (Å²) in [5.74, 6) is 2.26. The van der Waals surface area contributed by atoms with Crippen molar-refractivity contribution in [2.24, 2.45) is 0 Å². The van der Waals surface area contributed by atoms with E-state index in [-0.39, 0.29) is 12.4 Å². The molecule has 4 nitrogen and oxygen atoms in total. The van der Waals surface area contributed by atoms with Crippen LogP contribution in [-0.4, -0.2) is 12.9 Å². The number of halogens is 1. The van der Waals surface area contributed by atoms with E-state index in [1.807, 2.05) is 18.2 Å². The van der Waals surface area contributed by atoms with E-state index in [0.29, 0.717) is 33.6 Å². The number of benzene rings is 2. The van der Waals surface area contributed by atoms with Gasteiger partial charge in [0.1, 0.15) is 29.6 Å². The maximum absolute atomic E-state index is 12.3. The molecule has 2 aromatic carbocycles. The van der Waals surface area contributed by atoms with Gasteiger partial charge < -0.3 is 13.9 Å². The molecule has 0 atom stereocenters. The zero-order chi connectivity index (χ0) is 18.4. The summed E-state index contributed by atoms with van der Waals surface area (Å²) in [6.45, 7) is 0.272. The predicted molar refractivity (Wildman–Crippen MR) is 101 cm³/mol. The van der Waals surface area contributed by atoms with Crippen LogP contribution in [0.4, 0.5) is 0 Å². The predicted octanol–water partition coefficient (Wildman–Crippen LogP) is 5.42. The van der Waals surface area contributed by atoms with Crippen LogP contribution in [0, 0.1) is 0 Å². The second-order valence-corrected chi connectivity index (χ2v) is 5.88. The molecule has 0 aliphatic carbocycles. The quantitative estimate of drug-likeness (QED) is 0.413. The summed E-state index contributed by atoms with van der Waals surface area (Å²) >= 11 is 5.92. The standard InChI is InChI=1S/C21H17ClO4/c1-24-21-8-3-2-7-19(21)20(23)12-11-16-9-10-18(26-16)14-25-17-6-4-5-15(22)13-17/h2-13H,14H2,1H3/b12-11+. The fourth-order valence-electron chi connectivity index (χ4n) is 2.37. The lowest BCUT2D eigenvalue weighted by molar-refractivity contribution is 0.104. The maximum atomic E-state index is 12.3. The monoisotopic (exact) mass is 368 g/mol. The molecule has 0 N–H and O–H groups in total. The van der Waals surface area contributed by atoms with Crippen LogP contribution in [0.5, 0.6) is 11.5 Å². The van der Waals surface area contributed by atoms with Gasteiger partial charge >= 0.3 is 0 Å². The van der Waals surface area contributed by atoms with Gasteiger partial charge in [0.25, 0.3) is 0 Å². The second kappa shape index (κ2) is 8.41. The van der Waals surface area contributed by atoms with Crippen molar-refractivity contribution in [3.63, 3.8) is 0 Å². The number of ether oxygens (including phenoxy) is 2. The Labute approximate surface area is 156 Å². The van der Waals surface area contributed by atoms with Gasteiger partial charge in [-0.3, -0.25) is 4.79 Å². The van der Waals surface area contributed by atoms with E-state index in [1.54, 1.807) is 48.5 Å². The first kappa shape index (κ1) is 17.8. The highest BCUT2D eigenvalue weighted by Gasteiger charge is 2.08. The van der Waals surface area contributed by atoms with Crippen LogP contribution in [0.2, 0.25) is 5.02 Å². The Hall–Kier alpha value is -2.98. The van der Waals surface area contributed by atoms with Gasteiger partial charge in [-0.25, -0.2) is 0 Å². The summed E-state index contributed by atoms with van der Waals surface area (Å²) in [5, 5.41) is 0.611. The van der Waals surface area contributed by atoms with E-state index in [0.717, 1.165) is 0 Å². The number of furan rings is 1. The smallest absolute Gasteiger partial charge is 0.189 e. The molecule has 3 rings (SSSR count). The minimum Gasteiger partial charge on any atom is -0.496 e. The molecule has 0 amide bonds. The van der Waals surface area contributed by atoms with Crippen molar-refractivity contribution in [3.05, 3.63) is 88.8 Å². The van der Waals surface area contributed by atoms with Crippen LogP contribution in [0.25, 0.3) is 6.08 Å². The van der Waals surface area contributed by atoms with Gasteiger partial charge in [-0.05, 0) is 54.6 Å². The van der Waals surface area contributed by atoms with Crippen molar-refractivity contribution >= 4 is 23.5 Å². The highest BCUT2D eigenvalue weighted by atomic mass is 35.5. The van der Waals surface area contributed by atoms with Crippen molar-refractivity contribution in [1.29, 1.82) is 0 Å². The molecule has 3 aromatic rings.